The van der Waals surface area contributed by atoms with Crippen molar-refractivity contribution in [1.29, 1.82) is 0 Å². The first-order valence-corrected chi connectivity index (χ1v) is 5.86. The summed E-state index contributed by atoms with van der Waals surface area (Å²) in [6.07, 6.45) is 5.92. The molecule has 0 bridgehead atoms. The molecule has 0 unspecified atom stereocenters. The van der Waals surface area contributed by atoms with Gasteiger partial charge in [-0.2, -0.15) is 0 Å². The van der Waals surface area contributed by atoms with Crippen LogP contribution in [0.3, 0.4) is 0 Å². The first-order chi connectivity index (χ1) is 9.68. The lowest BCUT2D eigenvalue weighted by molar-refractivity contribution is 0.0697. The summed E-state index contributed by atoms with van der Waals surface area (Å²) in [7, 11) is 0. The van der Waals surface area contributed by atoms with Crippen molar-refractivity contribution in [2.24, 2.45) is 0 Å². The van der Waals surface area contributed by atoms with Gasteiger partial charge in [-0.1, -0.05) is 22.8 Å². The standard InChI is InChI=1S/C11H9ClN4O4/c12-9-8(15-3-5-19-13-15)2-1-7(11(17)18)10(9)16-4-6-20-14-16/h1-6,13-14H,(H,17,18). The van der Waals surface area contributed by atoms with Crippen LogP contribution in [-0.2, 0) is 9.68 Å². The first-order valence-electron chi connectivity index (χ1n) is 5.48. The molecule has 0 aromatic heterocycles. The molecule has 2 aliphatic rings. The van der Waals surface area contributed by atoms with Crippen molar-refractivity contribution in [2.45, 2.75) is 0 Å². The second-order valence-corrected chi connectivity index (χ2v) is 4.21. The average Bonchev–Trinajstić information content (AvgIpc) is 3.11. The molecule has 1 aromatic carbocycles. The van der Waals surface area contributed by atoms with Crippen LogP contribution in [0.25, 0.3) is 0 Å². The number of hydrazine groups is 2. The predicted molar refractivity (Wildman–Crippen MR) is 70.1 cm³/mol. The molecule has 0 atom stereocenters. The van der Waals surface area contributed by atoms with Crippen LogP contribution in [0.1, 0.15) is 10.4 Å². The lowest BCUT2D eigenvalue weighted by Gasteiger charge is -2.22. The molecule has 0 fully saturated rings. The lowest BCUT2D eigenvalue weighted by Crippen LogP contribution is -2.31. The second-order valence-electron chi connectivity index (χ2n) is 3.83. The summed E-state index contributed by atoms with van der Waals surface area (Å²) in [6.45, 7) is 0. The van der Waals surface area contributed by atoms with E-state index in [2.05, 4.69) is 11.2 Å². The number of benzene rings is 1. The van der Waals surface area contributed by atoms with Gasteiger partial charge in [0, 0.05) is 0 Å². The van der Waals surface area contributed by atoms with Gasteiger partial charge in [0.2, 0.25) is 0 Å². The van der Waals surface area contributed by atoms with E-state index in [4.69, 9.17) is 21.3 Å². The van der Waals surface area contributed by atoms with Gasteiger partial charge in [-0.3, -0.25) is 0 Å². The van der Waals surface area contributed by atoms with Crippen LogP contribution in [0.15, 0.2) is 37.1 Å². The van der Waals surface area contributed by atoms with E-state index in [0.29, 0.717) is 5.69 Å². The van der Waals surface area contributed by atoms with Crippen molar-refractivity contribution in [3.05, 3.63) is 47.6 Å². The Morgan fingerprint density at radius 3 is 2.35 bits per heavy atom. The Labute approximate surface area is 118 Å². The number of hydrogen-bond acceptors (Lipinski definition) is 7. The average molecular weight is 297 g/mol. The SMILES string of the molecule is O=C(O)c1ccc(N2C=CON2)c(Cl)c1N1C=CON1. The number of carboxylic acids is 1. The van der Waals surface area contributed by atoms with E-state index in [1.807, 2.05) is 0 Å². The van der Waals surface area contributed by atoms with E-state index in [1.54, 1.807) is 12.3 Å². The van der Waals surface area contributed by atoms with Crippen LogP contribution < -0.4 is 21.2 Å². The Morgan fingerprint density at radius 1 is 1.15 bits per heavy atom. The van der Waals surface area contributed by atoms with E-state index in [0.717, 1.165) is 0 Å². The Bertz CT molecular complexity index is 619. The van der Waals surface area contributed by atoms with Crippen molar-refractivity contribution in [3.63, 3.8) is 0 Å². The molecule has 0 amide bonds. The summed E-state index contributed by atoms with van der Waals surface area (Å²) in [4.78, 5) is 21.0. The maximum atomic E-state index is 11.3. The van der Waals surface area contributed by atoms with E-state index < -0.39 is 5.97 Å². The van der Waals surface area contributed by atoms with Crippen LogP contribution in [0.2, 0.25) is 5.02 Å². The maximum absolute atomic E-state index is 11.3. The first kappa shape index (κ1) is 12.6. The molecule has 0 spiro atoms. The highest BCUT2D eigenvalue weighted by Gasteiger charge is 2.25. The molecule has 104 valence electrons. The number of carbonyl (C=O) groups is 1. The minimum Gasteiger partial charge on any atom is -0.478 e. The molecule has 20 heavy (non-hydrogen) atoms. The van der Waals surface area contributed by atoms with Gasteiger partial charge < -0.3 is 14.8 Å². The molecule has 0 saturated heterocycles. The normalized spacial score (nSPS) is 16.4. The van der Waals surface area contributed by atoms with Gasteiger partial charge in [-0.05, 0) is 12.1 Å². The van der Waals surface area contributed by atoms with Crippen LogP contribution in [0.5, 0.6) is 0 Å². The fraction of sp³-hybridized carbons (Fsp3) is 0. The second kappa shape index (κ2) is 4.93. The van der Waals surface area contributed by atoms with E-state index in [-0.39, 0.29) is 16.3 Å². The largest absolute Gasteiger partial charge is 0.478 e. The molecule has 2 heterocycles. The molecule has 1 aromatic rings. The maximum Gasteiger partial charge on any atom is 0.337 e. The summed E-state index contributed by atoms with van der Waals surface area (Å²) in [5, 5.41) is 12.4. The third-order valence-corrected chi connectivity index (χ3v) is 3.06. The van der Waals surface area contributed by atoms with Crippen molar-refractivity contribution < 1.29 is 19.6 Å². The van der Waals surface area contributed by atoms with E-state index in [1.165, 1.54) is 34.8 Å². The molecule has 0 radical (unpaired) electrons. The van der Waals surface area contributed by atoms with Gasteiger partial charge in [0.1, 0.15) is 12.5 Å². The molecular formula is C11H9ClN4O4. The molecule has 3 N–H and O–H groups in total. The zero-order chi connectivity index (χ0) is 14.1. The Kier molecular flexibility index (Phi) is 3.11. The topological polar surface area (TPSA) is 86.3 Å². The van der Waals surface area contributed by atoms with Crippen molar-refractivity contribution in [2.75, 3.05) is 10.0 Å². The molecule has 8 nitrogen and oxygen atoms in total. The quantitative estimate of drug-likeness (QED) is 0.773. The summed E-state index contributed by atoms with van der Waals surface area (Å²) < 4.78 is 0. The Balaban J connectivity index is 2.11. The number of carboxylic acid groups (broad SMARTS) is 1. The number of aromatic carboxylic acids is 1. The van der Waals surface area contributed by atoms with Crippen molar-refractivity contribution >= 4 is 28.9 Å². The van der Waals surface area contributed by atoms with Crippen LogP contribution in [-0.4, -0.2) is 11.1 Å². The molecule has 2 aliphatic heterocycles. The van der Waals surface area contributed by atoms with Crippen molar-refractivity contribution in [1.82, 2.24) is 11.2 Å². The van der Waals surface area contributed by atoms with Gasteiger partial charge in [0.25, 0.3) is 0 Å². The number of anilines is 2. The third-order valence-electron chi connectivity index (χ3n) is 2.68. The van der Waals surface area contributed by atoms with Gasteiger partial charge in [0.05, 0.1) is 34.4 Å². The number of hydrogen-bond donors (Lipinski definition) is 3. The van der Waals surface area contributed by atoms with Gasteiger partial charge >= 0.3 is 5.97 Å². The smallest absolute Gasteiger partial charge is 0.337 e. The fourth-order valence-corrected chi connectivity index (χ4v) is 2.16. The van der Waals surface area contributed by atoms with Crippen LogP contribution >= 0.6 is 11.6 Å². The zero-order valence-electron chi connectivity index (χ0n) is 9.91. The summed E-state index contributed by atoms with van der Waals surface area (Å²) in [5.41, 5.74) is 5.92. The highest BCUT2D eigenvalue weighted by atomic mass is 35.5. The lowest BCUT2D eigenvalue weighted by atomic mass is 10.1. The number of halogens is 1. The molecule has 0 aliphatic carbocycles. The molecule has 3 rings (SSSR count). The summed E-state index contributed by atoms with van der Waals surface area (Å²) in [6, 6.07) is 3.02. The number of nitrogens with one attached hydrogen (secondary N) is 2. The van der Waals surface area contributed by atoms with E-state index in [9.17, 15) is 9.90 Å². The minimum absolute atomic E-state index is 0.0329. The molecule has 0 saturated carbocycles. The van der Waals surface area contributed by atoms with Gasteiger partial charge in [0.15, 0.2) is 0 Å². The molecule has 9 heteroatoms. The highest BCUT2D eigenvalue weighted by molar-refractivity contribution is 6.37. The molecular weight excluding hydrogens is 288 g/mol. The fourth-order valence-electron chi connectivity index (χ4n) is 1.82. The van der Waals surface area contributed by atoms with Gasteiger partial charge in [-0.25, -0.2) is 14.8 Å². The summed E-state index contributed by atoms with van der Waals surface area (Å²) >= 11 is 6.31. The van der Waals surface area contributed by atoms with Crippen molar-refractivity contribution in [3.8, 4) is 0 Å². The van der Waals surface area contributed by atoms with Crippen LogP contribution in [0.4, 0.5) is 11.4 Å². The summed E-state index contributed by atoms with van der Waals surface area (Å²) in [5.74, 6) is -1.10. The monoisotopic (exact) mass is 296 g/mol. The minimum atomic E-state index is -1.10. The predicted octanol–water partition coefficient (Wildman–Crippen LogP) is 1.49. The highest BCUT2D eigenvalue weighted by Crippen LogP contribution is 2.38. The number of nitrogens with zero attached hydrogens (tertiary/aromatic N) is 2. The third kappa shape index (κ3) is 2.01. The van der Waals surface area contributed by atoms with Gasteiger partial charge in [-0.15, -0.1) is 0 Å². The Morgan fingerprint density at radius 2 is 1.80 bits per heavy atom. The van der Waals surface area contributed by atoms with Crippen LogP contribution in [0, 0.1) is 0 Å². The van der Waals surface area contributed by atoms with E-state index >= 15 is 0 Å². The zero-order valence-corrected chi connectivity index (χ0v) is 10.7. The number of rotatable bonds is 3. The Hall–Kier alpha value is -2.42.